The van der Waals surface area contributed by atoms with Crippen LogP contribution in [-0.4, -0.2) is 71.1 Å². The Bertz CT molecular complexity index is 1240. The summed E-state index contributed by atoms with van der Waals surface area (Å²) in [6.45, 7) is 6.58. The van der Waals surface area contributed by atoms with Crippen LogP contribution in [-0.2, 0) is 6.54 Å². The lowest BCUT2D eigenvalue weighted by molar-refractivity contribution is 0.0325. The molecule has 1 fully saturated rings. The van der Waals surface area contributed by atoms with E-state index in [1.165, 1.54) is 0 Å². The number of nitrogens with zero attached hydrogens (tertiary/aromatic N) is 4. The van der Waals surface area contributed by atoms with Crippen molar-refractivity contribution in [3.63, 3.8) is 0 Å². The maximum Gasteiger partial charge on any atom is 0.292 e. The van der Waals surface area contributed by atoms with Crippen molar-refractivity contribution in [1.29, 1.82) is 0 Å². The number of para-hydroxylation sites is 1. The quantitative estimate of drug-likeness (QED) is 0.565. The third-order valence-electron chi connectivity index (χ3n) is 7.74. The molecule has 0 atom stereocenters. The molecule has 5 rings (SSSR count). The molecule has 200 valence electrons. The lowest BCUT2D eigenvalue weighted by atomic mass is 9.75. The topological polar surface area (TPSA) is 101 Å². The summed E-state index contributed by atoms with van der Waals surface area (Å²) in [4.78, 5) is 34.5. The van der Waals surface area contributed by atoms with E-state index in [2.05, 4.69) is 26.4 Å². The molecule has 0 aliphatic carbocycles. The number of amides is 2. The number of rotatable bonds is 3. The third kappa shape index (κ3) is 6.05. The first kappa shape index (κ1) is 25.9. The van der Waals surface area contributed by atoms with Gasteiger partial charge in [0.1, 0.15) is 5.75 Å². The molecule has 2 aromatic heterocycles. The molecule has 0 unspecified atom stereocenters. The van der Waals surface area contributed by atoms with Crippen molar-refractivity contribution in [2.45, 2.75) is 39.2 Å². The van der Waals surface area contributed by atoms with Crippen LogP contribution in [0, 0.1) is 12.3 Å². The van der Waals surface area contributed by atoms with Crippen molar-refractivity contribution >= 4 is 11.8 Å². The van der Waals surface area contributed by atoms with Crippen LogP contribution in [0.4, 0.5) is 0 Å². The number of ether oxygens (including phenoxy) is 1. The zero-order valence-corrected chi connectivity index (χ0v) is 21.9. The van der Waals surface area contributed by atoms with Gasteiger partial charge in [0.25, 0.3) is 11.8 Å². The van der Waals surface area contributed by atoms with Gasteiger partial charge in [0, 0.05) is 56.1 Å². The molecule has 9 heteroatoms. The molecule has 1 spiro atoms. The number of piperidine rings is 1. The first-order chi connectivity index (χ1) is 18.5. The number of hydrogen-bond acceptors (Lipinski definition) is 7. The summed E-state index contributed by atoms with van der Waals surface area (Å²) in [5.41, 5.74) is 2.37. The predicted octanol–water partition coefficient (Wildman–Crippen LogP) is 3.71. The molecule has 0 saturated carbocycles. The van der Waals surface area contributed by atoms with Gasteiger partial charge in [-0.2, -0.15) is 0 Å². The van der Waals surface area contributed by atoms with E-state index in [4.69, 9.17) is 9.26 Å². The molecule has 2 aliphatic heterocycles. The van der Waals surface area contributed by atoms with Crippen LogP contribution in [0.5, 0.6) is 5.75 Å². The van der Waals surface area contributed by atoms with E-state index in [0.29, 0.717) is 43.3 Å². The Kier molecular flexibility index (Phi) is 8.03. The number of likely N-dealkylation sites (tertiary alicyclic amines) is 1. The van der Waals surface area contributed by atoms with Crippen molar-refractivity contribution in [3.8, 4) is 5.75 Å². The molecule has 9 nitrogen and oxygen atoms in total. The van der Waals surface area contributed by atoms with Crippen LogP contribution in [0.15, 0.2) is 59.5 Å². The van der Waals surface area contributed by atoms with Crippen LogP contribution >= 0.6 is 0 Å². The zero-order valence-electron chi connectivity index (χ0n) is 21.9. The number of aromatic nitrogens is 2. The zero-order chi connectivity index (χ0) is 26.4. The first-order valence-corrected chi connectivity index (χ1v) is 13.3. The fourth-order valence-electron chi connectivity index (χ4n) is 5.42. The Morgan fingerprint density at radius 3 is 2.66 bits per heavy atom. The normalized spacial score (nSPS) is 18.9. The second-order valence-corrected chi connectivity index (χ2v) is 10.4. The lowest BCUT2D eigenvalue weighted by Crippen LogP contribution is -2.46. The van der Waals surface area contributed by atoms with Gasteiger partial charge >= 0.3 is 0 Å². The lowest BCUT2D eigenvalue weighted by Gasteiger charge is -2.42. The largest absolute Gasteiger partial charge is 0.492 e. The van der Waals surface area contributed by atoms with E-state index in [0.717, 1.165) is 56.4 Å². The van der Waals surface area contributed by atoms with Crippen molar-refractivity contribution in [2.75, 3.05) is 39.3 Å². The van der Waals surface area contributed by atoms with Gasteiger partial charge in [0.15, 0.2) is 0 Å². The van der Waals surface area contributed by atoms with Crippen molar-refractivity contribution in [2.24, 2.45) is 5.41 Å². The summed E-state index contributed by atoms with van der Waals surface area (Å²) in [5, 5.41) is 6.83. The molecule has 1 aromatic carbocycles. The Morgan fingerprint density at radius 1 is 1.05 bits per heavy atom. The molecule has 0 radical (unpaired) electrons. The van der Waals surface area contributed by atoms with Crippen LogP contribution in [0.25, 0.3) is 0 Å². The maximum absolute atomic E-state index is 13.0. The van der Waals surface area contributed by atoms with E-state index >= 15 is 0 Å². The molecule has 1 N–H and O–H groups in total. The summed E-state index contributed by atoms with van der Waals surface area (Å²) in [6, 6.07) is 11.5. The van der Waals surface area contributed by atoms with Crippen LogP contribution in [0.3, 0.4) is 0 Å². The summed E-state index contributed by atoms with van der Waals surface area (Å²) in [5.74, 6) is 0.688. The highest BCUT2D eigenvalue weighted by Gasteiger charge is 2.38. The number of carbonyl (C=O) groups excluding carboxylic acids is 2. The number of hydrogen-bond donors (Lipinski definition) is 1. The molecular weight excluding hydrogens is 482 g/mol. The first-order valence-electron chi connectivity index (χ1n) is 13.3. The molecule has 2 aliphatic rings. The third-order valence-corrected chi connectivity index (χ3v) is 7.74. The summed E-state index contributed by atoms with van der Waals surface area (Å²) in [6.07, 6.45) is 8.87. The van der Waals surface area contributed by atoms with Gasteiger partial charge in [0.2, 0.25) is 5.76 Å². The van der Waals surface area contributed by atoms with E-state index in [1.54, 1.807) is 12.4 Å². The SMILES string of the molecule is Cc1cnoc1C(=O)N1CCC2(CCCN(Cc3cccnc3)CCNC(=O)c3ccccc3OC2)CC1. The fourth-order valence-corrected chi connectivity index (χ4v) is 5.42. The Hall–Kier alpha value is -3.72. The van der Waals surface area contributed by atoms with Gasteiger partial charge in [-0.3, -0.25) is 19.5 Å². The van der Waals surface area contributed by atoms with Gasteiger partial charge in [-0.25, -0.2) is 0 Å². The highest BCUT2D eigenvalue weighted by molar-refractivity contribution is 5.96. The standard InChI is InChI=1S/C29H35N5O4/c1-22-18-32-38-26(22)28(36)34-15-10-29(11-16-34)9-5-14-33(20-23-6-4-12-30-19-23)17-13-31-27(35)24-7-2-3-8-25(24)37-21-29/h2-4,6-8,12,18-19H,5,9-11,13-17,20-21H2,1H3,(H,31,35). The van der Waals surface area contributed by atoms with Crippen molar-refractivity contribution < 1.29 is 18.8 Å². The number of benzene rings is 1. The summed E-state index contributed by atoms with van der Waals surface area (Å²) >= 11 is 0. The van der Waals surface area contributed by atoms with Gasteiger partial charge in [-0.15, -0.1) is 0 Å². The highest BCUT2D eigenvalue weighted by atomic mass is 16.5. The molecule has 38 heavy (non-hydrogen) atoms. The minimum Gasteiger partial charge on any atom is -0.492 e. The van der Waals surface area contributed by atoms with E-state index < -0.39 is 0 Å². The number of carbonyl (C=O) groups is 2. The van der Waals surface area contributed by atoms with Gasteiger partial charge in [0.05, 0.1) is 18.4 Å². The predicted molar refractivity (Wildman–Crippen MR) is 142 cm³/mol. The van der Waals surface area contributed by atoms with Crippen molar-refractivity contribution in [3.05, 3.63) is 77.4 Å². The molecule has 2 amide bonds. The summed E-state index contributed by atoms with van der Waals surface area (Å²) in [7, 11) is 0. The van der Waals surface area contributed by atoms with Crippen LogP contribution in [0.1, 0.15) is 57.7 Å². The maximum atomic E-state index is 13.0. The minimum absolute atomic E-state index is 0.0924. The minimum atomic E-state index is -0.127. The van der Waals surface area contributed by atoms with Crippen molar-refractivity contribution in [1.82, 2.24) is 25.3 Å². The van der Waals surface area contributed by atoms with Crippen LogP contribution in [0.2, 0.25) is 0 Å². The number of nitrogens with one attached hydrogen (secondary N) is 1. The fraction of sp³-hybridized carbons (Fsp3) is 0.448. The molecule has 4 heterocycles. The number of fused-ring (bicyclic) bond motifs is 1. The second kappa shape index (κ2) is 11.8. The van der Waals surface area contributed by atoms with E-state index in [-0.39, 0.29) is 17.2 Å². The van der Waals surface area contributed by atoms with Gasteiger partial charge in [-0.1, -0.05) is 23.4 Å². The Morgan fingerprint density at radius 2 is 1.89 bits per heavy atom. The summed E-state index contributed by atoms with van der Waals surface area (Å²) < 4.78 is 11.6. The molecule has 0 bridgehead atoms. The van der Waals surface area contributed by atoms with Gasteiger partial charge in [-0.05, 0) is 62.9 Å². The van der Waals surface area contributed by atoms with E-state index in [9.17, 15) is 9.59 Å². The molecular formula is C29H35N5O4. The molecule has 1 saturated heterocycles. The number of aryl methyl sites for hydroxylation is 1. The second-order valence-electron chi connectivity index (χ2n) is 10.4. The smallest absolute Gasteiger partial charge is 0.292 e. The average molecular weight is 518 g/mol. The van der Waals surface area contributed by atoms with Gasteiger partial charge < -0.3 is 19.5 Å². The molecule has 3 aromatic rings. The van der Waals surface area contributed by atoms with E-state index in [1.807, 2.05) is 48.4 Å². The highest BCUT2D eigenvalue weighted by Crippen LogP contribution is 2.38. The Labute approximate surface area is 223 Å². The Balaban J connectivity index is 1.33. The monoisotopic (exact) mass is 517 g/mol. The number of pyridine rings is 1. The average Bonchev–Trinajstić information content (AvgIpc) is 3.38. The van der Waals surface area contributed by atoms with Crippen LogP contribution < -0.4 is 10.1 Å².